The van der Waals surface area contributed by atoms with Crippen molar-refractivity contribution in [1.82, 2.24) is 9.80 Å². The maximum Gasteiger partial charge on any atom is 0.290 e. The van der Waals surface area contributed by atoms with E-state index in [0.29, 0.717) is 18.7 Å². The van der Waals surface area contributed by atoms with Crippen LogP contribution >= 0.6 is 15.9 Å². The second kappa shape index (κ2) is 8.60. The molecule has 1 aliphatic heterocycles. The van der Waals surface area contributed by atoms with Crippen LogP contribution < -0.4 is 5.32 Å². The molecule has 0 bridgehead atoms. The molecular formula is C20H22BrN3O4. The van der Waals surface area contributed by atoms with Crippen LogP contribution in [0.1, 0.15) is 29.0 Å². The number of benzene rings is 1. The Kier molecular flexibility index (Phi) is 6.18. The van der Waals surface area contributed by atoms with Crippen LogP contribution in [0.5, 0.6) is 0 Å². The van der Waals surface area contributed by atoms with Crippen LogP contribution in [-0.2, 0) is 9.59 Å². The number of likely N-dealkylation sites (tertiary alicyclic amines) is 1. The van der Waals surface area contributed by atoms with Crippen molar-refractivity contribution in [1.29, 1.82) is 0 Å². The maximum absolute atomic E-state index is 12.8. The predicted octanol–water partition coefficient (Wildman–Crippen LogP) is 3.05. The lowest BCUT2D eigenvalue weighted by molar-refractivity contribution is -0.136. The third-order valence-electron chi connectivity index (χ3n) is 4.75. The molecule has 0 radical (unpaired) electrons. The SMILES string of the molecule is Cc1cc(Br)ccc1NC(=O)CN(C)C(=O)C1CCCN1C(=O)c1ccco1. The first kappa shape index (κ1) is 20.1. The first-order valence-electron chi connectivity index (χ1n) is 9.02. The van der Waals surface area contributed by atoms with Gasteiger partial charge in [0.2, 0.25) is 11.8 Å². The number of hydrogen-bond donors (Lipinski definition) is 1. The van der Waals surface area contributed by atoms with Gasteiger partial charge in [0, 0.05) is 23.8 Å². The van der Waals surface area contributed by atoms with Crippen LogP contribution in [0.4, 0.5) is 5.69 Å². The number of hydrogen-bond acceptors (Lipinski definition) is 4. The molecule has 1 saturated heterocycles. The van der Waals surface area contributed by atoms with Gasteiger partial charge in [-0.25, -0.2) is 0 Å². The van der Waals surface area contributed by atoms with Crippen LogP contribution in [0.25, 0.3) is 0 Å². The molecule has 7 nitrogen and oxygen atoms in total. The third-order valence-corrected chi connectivity index (χ3v) is 5.24. The molecule has 2 heterocycles. The highest BCUT2D eigenvalue weighted by molar-refractivity contribution is 9.10. The quantitative estimate of drug-likeness (QED) is 0.763. The number of halogens is 1. The first-order chi connectivity index (χ1) is 13.4. The van der Waals surface area contributed by atoms with Crippen molar-refractivity contribution in [3.8, 4) is 0 Å². The molecule has 0 saturated carbocycles. The molecule has 1 fully saturated rings. The van der Waals surface area contributed by atoms with E-state index in [9.17, 15) is 14.4 Å². The molecule has 1 aliphatic rings. The van der Waals surface area contributed by atoms with Crippen LogP contribution in [0, 0.1) is 6.92 Å². The van der Waals surface area contributed by atoms with Gasteiger partial charge in [-0.15, -0.1) is 0 Å². The van der Waals surface area contributed by atoms with Crippen molar-refractivity contribution in [2.24, 2.45) is 0 Å². The summed E-state index contributed by atoms with van der Waals surface area (Å²) in [5.41, 5.74) is 1.62. The van der Waals surface area contributed by atoms with Gasteiger partial charge in [0.15, 0.2) is 5.76 Å². The highest BCUT2D eigenvalue weighted by atomic mass is 79.9. The highest BCUT2D eigenvalue weighted by Gasteiger charge is 2.37. The van der Waals surface area contributed by atoms with E-state index in [0.717, 1.165) is 16.5 Å². The summed E-state index contributed by atoms with van der Waals surface area (Å²) in [7, 11) is 1.57. The average molecular weight is 448 g/mol. The zero-order valence-corrected chi connectivity index (χ0v) is 17.4. The van der Waals surface area contributed by atoms with E-state index in [1.807, 2.05) is 19.1 Å². The standard InChI is InChI=1S/C20H22BrN3O4/c1-13-11-14(21)7-8-15(13)22-18(25)12-23(2)19(26)16-5-3-9-24(16)20(27)17-6-4-10-28-17/h4,6-8,10-11,16H,3,5,9,12H2,1-2H3,(H,22,25). The number of amides is 3. The Hall–Kier alpha value is -2.61. The van der Waals surface area contributed by atoms with Crippen LogP contribution in [0.3, 0.4) is 0 Å². The van der Waals surface area contributed by atoms with Gasteiger partial charge in [-0.1, -0.05) is 15.9 Å². The van der Waals surface area contributed by atoms with E-state index >= 15 is 0 Å². The molecule has 0 spiro atoms. The summed E-state index contributed by atoms with van der Waals surface area (Å²) in [5, 5.41) is 2.82. The van der Waals surface area contributed by atoms with Crippen molar-refractivity contribution in [3.63, 3.8) is 0 Å². The molecule has 28 heavy (non-hydrogen) atoms. The molecule has 1 atom stereocenters. The van der Waals surface area contributed by atoms with Crippen molar-refractivity contribution in [2.75, 3.05) is 25.5 Å². The predicted molar refractivity (Wildman–Crippen MR) is 108 cm³/mol. The second-order valence-corrected chi connectivity index (χ2v) is 7.75. The van der Waals surface area contributed by atoms with Gasteiger partial charge in [-0.05, 0) is 55.7 Å². The Balaban J connectivity index is 1.61. The summed E-state index contributed by atoms with van der Waals surface area (Å²) in [5.74, 6) is -0.627. The van der Waals surface area contributed by atoms with Crippen molar-refractivity contribution < 1.29 is 18.8 Å². The fourth-order valence-corrected chi connectivity index (χ4v) is 3.79. The fourth-order valence-electron chi connectivity index (χ4n) is 3.31. The van der Waals surface area contributed by atoms with Crippen LogP contribution in [0.15, 0.2) is 45.5 Å². The maximum atomic E-state index is 12.8. The van der Waals surface area contributed by atoms with Crippen molar-refractivity contribution in [2.45, 2.75) is 25.8 Å². The molecule has 8 heteroatoms. The minimum atomic E-state index is -0.579. The summed E-state index contributed by atoms with van der Waals surface area (Å²) in [6.45, 7) is 2.30. The Labute approximate surface area is 171 Å². The molecule has 1 aromatic heterocycles. The van der Waals surface area contributed by atoms with Gasteiger partial charge in [-0.3, -0.25) is 14.4 Å². The molecule has 3 rings (SSSR count). The Morgan fingerprint density at radius 2 is 2.11 bits per heavy atom. The molecule has 0 aliphatic carbocycles. The van der Waals surface area contributed by atoms with Gasteiger partial charge in [0.25, 0.3) is 5.91 Å². The first-order valence-corrected chi connectivity index (χ1v) is 9.81. The smallest absolute Gasteiger partial charge is 0.290 e. The zero-order valence-electron chi connectivity index (χ0n) is 15.8. The van der Waals surface area contributed by atoms with Gasteiger partial charge in [0.05, 0.1) is 12.8 Å². The Morgan fingerprint density at radius 1 is 1.32 bits per heavy atom. The fraction of sp³-hybridized carbons (Fsp3) is 0.350. The normalized spacial score (nSPS) is 16.1. The number of aryl methyl sites for hydroxylation is 1. The summed E-state index contributed by atoms with van der Waals surface area (Å²) in [6, 6.07) is 8.19. The summed E-state index contributed by atoms with van der Waals surface area (Å²) >= 11 is 3.39. The number of furan rings is 1. The molecule has 148 valence electrons. The van der Waals surface area contributed by atoms with Gasteiger partial charge >= 0.3 is 0 Å². The van der Waals surface area contributed by atoms with Crippen LogP contribution in [-0.4, -0.2) is 53.7 Å². The molecule has 1 N–H and O–H groups in total. The van der Waals surface area contributed by atoms with Gasteiger partial charge < -0.3 is 19.5 Å². The van der Waals surface area contributed by atoms with Crippen molar-refractivity contribution in [3.05, 3.63) is 52.4 Å². The van der Waals surface area contributed by atoms with E-state index in [1.54, 1.807) is 25.2 Å². The van der Waals surface area contributed by atoms with E-state index < -0.39 is 6.04 Å². The summed E-state index contributed by atoms with van der Waals surface area (Å²) < 4.78 is 6.09. The van der Waals surface area contributed by atoms with E-state index in [1.165, 1.54) is 16.1 Å². The number of nitrogens with one attached hydrogen (secondary N) is 1. The van der Waals surface area contributed by atoms with Gasteiger partial charge in [-0.2, -0.15) is 0 Å². The largest absolute Gasteiger partial charge is 0.459 e. The van der Waals surface area contributed by atoms with E-state index in [4.69, 9.17) is 4.42 Å². The topological polar surface area (TPSA) is 82.9 Å². The molecular weight excluding hydrogens is 426 g/mol. The minimum absolute atomic E-state index is 0.0897. The number of nitrogens with zero attached hydrogens (tertiary/aromatic N) is 2. The summed E-state index contributed by atoms with van der Waals surface area (Å²) in [6.07, 6.45) is 2.74. The molecule has 3 amide bonds. The van der Waals surface area contributed by atoms with E-state index in [-0.39, 0.29) is 30.0 Å². The number of rotatable bonds is 5. The molecule has 1 unspecified atom stereocenters. The molecule has 2 aromatic rings. The van der Waals surface area contributed by atoms with E-state index in [2.05, 4.69) is 21.2 Å². The monoisotopic (exact) mass is 447 g/mol. The number of carbonyl (C=O) groups excluding carboxylic acids is 3. The minimum Gasteiger partial charge on any atom is -0.459 e. The lowest BCUT2D eigenvalue weighted by atomic mass is 10.2. The average Bonchev–Trinajstić information content (AvgIpc) is 3.34. The lowest BCUT2D eigenvalue weighted by Crippen LogP contribution is -2.48. The molecule has 1 aromatic carbocycles. The van der Waals surface area contributed by atoms with Crippen LogP contribution in [0.2, 0.25) is 0 Å². The zero-order chi connectivity index (χ0) is 20.3. The third kappa shape index (κ3) is 4.44. The number of anilines is 1. The Bertz CT molecular complexity index is 882. The number of carbonyl (C=O) groups is 3. The summed E-state index contributed by atoms with van der Waals surface area (Å²) in [4.78, 5) is 40.7. The second-order valence-electron chi connectivity index (χ2n) is 6.84. The lowest BCUT2D eigenvalue weighted by Gasteiger charge is -2.27. The van der Waals surface area contributed by atoms with Gasteiger partial charge in [0.1, 0.15) is 6.04 Å². The Morgan fingerprint density at radius 3 is 2.79 bits per heavy atom. The number of likely N-dealkylation sites (N-methyl/N-ethyl adjacent to an activating group) is 1. The highest BCUT2D eigenvalue weighted by Crippen LogP contribution is 2.23. The van der Waals surface area contributed by atoms with Crippen molar-refractivity contribution >= 4 is 39.3 Å².